The van der Waals surface area contributed by atoms with Gasteiger partial charge in [0, 0.05) is 12.6 Å². The number of sulfone groups is 1. The lowest BCUT2D eigenvalue weighted by Crippen LogP contribution is -2.17. The number of hydrogen-bond donors (Lipinski definition) is 0. The fraction of sp³-hybridized carbons (Fsp3) is 0.462. The summed E-state index contributed by atoms with van der Waals surface area (Å²) in [6, 6.07) is 1.77. The van der Waals surface area contributed by atoms with Crippen LogP contribution in [0.2, 0.25) is 0 Å². The summed E-state index contributed by atoms with van der Waals surface area (Å²) in [4.78, 5) is 3.34. The van der Waals surface area contributed by atoms with Gasteiger partial charge in [-0.25, -0.2) is 13.4 Å². The summed E-state index contributed by atoms with van der Waals surface area (Å²) >= 11 is 0. The van der Waals surface area contributed by atoms with Gasteiger partial charge in [0.15, 0.2) is 15.7 Å². The monoisotopic (exact) mass is 364 g/mol. The molecule has 1 atom stereocenters. The van der Waals surface area contributed by atoms with Crippen molar-refractivity contribution in [3.8, 4) is 5.88 Å². The molecule has 0 N–H and O–H groups in total. The van der Waals surface area contributed by atoms with Crippen molar-refractivity contribution in [1.29, 1.82) is 0 Å². The molecule has 0 aliphatic heterocycles. The first-order chi connectivity index (χ1) is 11.1. The SMILES string of the molecule is COc1nc(C(F)(F)F)ccc1CS(=O)(=O)C(C)c1nncn1C. The van der Waals surface area contributed by atoms with Gasteiger partial charge in [-0.15, -0.1) is 10.2 Å². The largest absolute Gasteiger partial charge is 0.481 e. The zero-order valence-electron chi connectivity index (χ0n) is 13.1. The number of aromatic nitrogens is 4. The maximum absolute atomic E-state index is 12.7. The average Bonchev–Trinajstić information content (AvgIpc) is 2.91. The van der Waals surface area contributed by atoms with Crippen LogP contribution in [0.5, 0.6) is 5.88 Å². The Morgan fingerprint density at radius 1 is 1.33 bits per heavy atom. The number of nitrogens with zero attached hydrogens (tertiary/aromatic N) is 4. The van der Waals surface area contributed by atoms with E-state index < -0.39 is 32.7 Å². The minimum atomic E-state index is -4.64. The third kappa shape index (κ3) is 3.66. The maximum Gasteiger partial charge on any atom is 0.433 e. The molecule has 7 nitrogen and oxygen atoms in total. The van der Waals surface area contributed by atoms with Gasteiger partial charge >= 0.3 is 6.18 Å². The molecule has 2 aromatic rings. The van der Waals surface area contributed by atoms with Crippen LogP contribution in [0.3, 0.4) is 0 Å². The third-order valence-corrected chi connectivity index (χ3v) is 5.43. The highest BCUT2D eigenvalue weighted by atomic mass is 32.2. The van der Waals surface area contributed by atoms with Gasteiger partial charge in [-0.2, -0.15) is 13.2 Å². The minimum absolute atomic E-state index is 0.0412. The molecule has 2 aromatic heterocycles. The molecule has 0 bridgehead atoms. The van der Waals surface area contributed by atoms with Crippen molar-refractivity contribution >= 4 is 9.84 Å². The molecule has 2 rings (SSSR count). The minimum Gasteiger partial charge on any atom is -0.481 e. The van der Waals surface area contributed by atoms with Gasteiger partial charge in [0.2, 0.25) is 5.88 Å². The van der Waals surface area contributed by atoms with Crippen molar-refractivity contribution in [2.75, 3.05) is 7.11 Å². The fourth-order valence-corrected chi connectivity index (χ4v) is 3.51. The Labute approximate surface area is 136 Å². The van der Waals surface area contributed by atoms with Crippen molar-refractivity contribution in [2.45, 2.75) is 24.1 Å². The van der Waals surface area contributed by atoms with Gasteiger partial charge < -0.3 is 9.30 Å². The van der Waals surface area contributed by atoms with Gasteiger partial charge in [-0.1, -0.05) is 6.07 Å². The van der Waals surface area contributed by atoms with Gasteiger partial charge in [0.05, 0.1) is 12.9 Å². The smallest absolute Gasteiger partial charge is 0.433 e. The van der Waals surface area contributed by atoms with Crippen LogP contribution in [0.1, 0.15) is 29.3 Å². The van der Waals surface area contributed by atoms with E-state index in [1.807, 2.05) is 0 Å². The predicted octanol–water partition coefficient (Wildman–Crippen LogP) is 1.91. The molecular weight excluding hydrogens is 349 g/mol. The number of halogens is 3. The molecule has 2 heterocycles. The summed E-state index contributed by atoms with van der Waals surface area (Å²) in [6.45, 7) is 1.43. The molecule has 0 aliphatic rings. The van der Waals surface area contributed by atoms with E-state index in [0.29, 0.717) is 0 Å². The van der Waals surface area contributed by atoms with Crippen LogP contribution in [0.15, 0.2) is 18.5 Å². The average molecular weight is 364 g/mol. The van der Waals surface area contributed by atoms with Crippen LogP contribution in [0.4, 0.5) is 13.2 Å². The van der Waals surface area contributed by atoms with Gasteiger partial charge in [-0.05, 0) is 13.0 Å². The van der Waals surface area contributed by atoms with E-state index in [-0.39, 0.29) is 17.3 Å². The van der Waals surface area contributed by atoms with Crippen LogP contribution < -0.4 is 4.74 Å². The van der Waals surface area contributed by atoms with Crippen LogP contribution in [-0.4, -0.2) is 35.3 Å². The highest BCUT2D eigenvalue weighted by Gasteiger charge is 2.34. The van der Waals surface area contributed by atoms with Crippen molar-refractivity contribution in [2.24, 2.45) is 7.05 Å². The van der Waals surface area contributed by atoms with Gasteiger partial charge in [0.25, 0.3) is 0 Å². The Morgan fingerprint density at radius 3 is 2.50 bits per heavy atom. The van der Waals surface area contributed by atoms with E-state index in [1.165, 1.54) is 17.8 Å². The summed E-state index contributed by atoms with van der Waals surface area (Å²) in [6.07, 6.45) is -3.28. The number of rotatable bonds is 5. The van der Waals surface area contributed by atoms with Crippen LogP contribution >= 0.6 is 0 Å². The lowest BCUT2D eigenvalue weighted by molar-refractivity contribution is -0.141. The van der Waals surface area contributed by atoms with Crippen LogP contribution in [-0.2, 0) is 28.8 Å². The normalized spacial score (nSPS) is 13.8. The highest BCUT2D eigenvalue weighted by Crippen LogP contribution is 2.32. The Balaban J connectivity index is 2.34. The van der Waals surface area contributed by atoms with Crippen molar-refractivity contribution in [3.63, 3.8) is 0 Å². The quantitative estimate of drug-likeness (QED) is 0.806. The summed E-state index contributed by atoms with van der Waals surface area (Å²) in [5, 5.41) is 6.38. The Kier molecular flexibility index (Phi) is 4.83. The number of alkyl halides is 3. The second-order valence-electron chi connectivity index (χ2n) is 5.11. The molecule has 0 saturated heterocycles. The number of ether oxygens (including phenoxy) is 1. The van der Waals surface area contributed by atoms with Crippen molar-refractivity contribution in [3.05, 3.63) is 35.5 Å². The molecule has 0 spiro atoms. The first-order valence-electron chi connectivity index (χ1n) is 6.73. The lowest BCUT2D eigenvalue weighted by atomic mass is 10.2. The number of pyridine rings is 1. The van der Waals surface area contributed by atoms with E-state index in [9.17, 15) is 21.6 Å². The standard InChI is InChI=1S/C13H15F3N4O3S/c1-8(11-19-17-7-20(11)2)24(21,22)6-9-4-5-10(13(14,15)16)18-12(9)23-3/h4-5,7-8H,6H2,1-3H3. The van der Waals surface area contributed by atoms with E-state index in [0.717, 1.165) is 19.2 Å². The van der Waals surface area contributed by atoms with E-state index >= 15 is 0 Å². The molecule has 1 unspecified atom stereocenters. The van der Waals surface area contributed by atoms with E-state index in [1.54, 1.807) is 7.05 Å². The summed E-state index contributed by atoms with van der Waals surface area (Å²) in [5.74, 6) is -0.678. The van der Waals surface area contributed by atoms with Gasteiger partial charge in [0.1, 0.15) is 17.3 Å². The summed E-state index contributed by atoms with van der Waals surface area (Å²) in [7, 11) is -1.04. The molecule has 0 saturated carbocycles. The fourth-order valence-electron chi connectivity index (χ4n) is 2.08. The zero-order chi connectivity index (χ0) is 18.1. The first kappa shape index (κ1) is 18.2. The molecule has 0 fully saturated rings. The zero-order valence-corrected chi connectivity index (χ0v) is 13.9. The lowest BCUT2D eigenvalue weighted by Gasteiger charge is -2.15. The van der Waals surface area contributed by atoms with Crippen LogP contribution in [0, 0.1) is 0 Å². The number of aryl methyl sites for hydroxylation is 1. The predicted molar refractivity (Wildman–Crippen MR) is 77.8 cm³/mol. The Bertz CT molecular complexity index is 833. The van der Waals surface area contributed by atoms with E-state index in [4.69, 9.17) is 4.74 Å². The Hall–Kier alpha value is -2.17. The molecule has 0 aromatic carbocycles. The molecular formula is C13H15F3N4O3S. The van der Waals surface area contributed by atoms with E-state index in [2.05, 4.69) is 15.2 Å². The van der Waals surface area contributed by atoms with Crippen LogP contribution in [0.25, 0.3) is 0 Å². The van der Waals surface area contributed by atoms with Gasteiger partial charge in [-0.3, -0.25) is 0 Å². The molecule has 0 radical (unpaired) electrons. The molecule has 24 heavy (non-hydrogen) atoms. The second kappa shape index (κ2) is 6.38. The second-order valence-corrected chi connectivity index (χ2v) is 7.43. The van der Waals surface area contributed by atoms with Crippen molar-refractivity contribution in [1.82, 2.24) is 19.7 Å². The molecule has 0 aliphatic carbocycles. The van der Waals surface area contributed by atoms with Crippen molar-refractivity contribution < 1.29 is 26.3 Å². The molecule has 132 valence electrons. The Morgan fingerprint density at radius 2 is 2.00 bits per heavy atom. The third-order valence-electron chi connectivity index (χ3n) is 3.43. The summed E-state index contributed by atoms with van der Waals surface area (Å²) < 4.78 is 69.3. The molecule has 11 heteroatoms. The topological polar surface area (TPSA) is 87.0 Å². The maximum atomic E-state index is 12.7. The summed E-state index contributed by atoms with van der Waals surface area (Å²) in [5.41, 5.74) is -1.11. The number of hydrogen-bond acceptors (Lipinski definition) is 6. The number of methoxy groups -OCH3 is 1. The highest BCUT2D eigenvalue weighted by molar-refractivity contribution is 7.90. The molecule has 0 amide bonds. The first-order valence-corrected chi connectivity index (χ1v) is 8.44.